The van der Waals surface area contributed by atoms with E-state index in [1.807, 2.05) is 32.1 Å². The predicted molar refractivity (Wildman–Crippen MR) is 190 cm³/mol. The molecule has 1 fully saturated rings. The number of thioether (sulfide) groups is 2. The van der Waals surface area contributed by atoms with Gasteiger partial charge in [0.25, 0.3) is 0 Å². The van der Waals surface area contributed by atoms with Crippen molar-refractivity contribution in [1.29, 1.82) is 10.5 Å². The summed E-state index contributed by atoms with van der Waals surface area (Å²) in [5.74, 6) is -2.46. The van der Waals surface area contributed by atoms with Crippen LogP contribution in [0.4, 0.5) is 0 Å². The van der Waals surface area contributed by atoms with Crippen molar-refractivity contribution in [2.75, 3.05) is 13.2 Å². The van der Waals surface area contributed by atoms with Crippen LogP contribution in [0.2, 0.25) is 0 Å². The summed E-state index contributed by atoms with van der Waals surface area (Å²) in [6, 6.07) is 12.6. The van der Waals surface area contributed by atoms with E-state index >= 15 is 0 Å². The fourth-order valence-electron chi connectivity index (χ4n) is 5.48. The van der Waals surface area contributed by atoms with Crippen molar-refractivity contribution < 1.29 is 47.7 Å². The number of nitrogens with zero attached hydrogens (tertiary/aromatic N) is 2. The van der Waals surface area contributed by atoms with Gasteiger partial charge in [-0.2, -0.15) is 10.5 Å². The van der Waals surface area contributed by atoms with Gasteiger partial charge in [0.1, 0.15) is 41.9 Å². The predicted octanol–water partition coefficient (Wildman–Crippen LogP) is 6.60. The second kappa shape index (κ2) is 19.0. The molecule has 0 aromatic heterocycles. The Morgan fingerprint density at radius 1 is 0.865 bits per heavy atom. The van der Waals surface area contributed by atoms with Gasteiger partial charge in [0.2, 0.25) is 0 Å². The Kier molecular flexibility index (Phi) is 14.5. The van der Waals surface area contributed by atoms with E-state index in [2.05, 4.69) is 6.58 Å². The molecule has 1 aliphatic carbocycles. The Bertz CT molecular complexity index is 1820. The van der Waals surface area contributed by atoms with E-state index in [0.717, 1.165) is 32.6 Å². The molecule has 0 N–H and O–H groups in total. The van der Waals surface area contributed by atoms with E-state index in [1.54, 1.807) is 31.2 Å². The highest BCUT2D eigenvalue weighted by Crippen LogP contribution is 2.57. The fraction of sp³-hybridized carbons (Fsp3) is 0.395. The molecule has 0 spiro atoms. The Morgan fingerprint density at radius 2 is 1.44 bits per heavy atom. The summed E-state index contributed by atoms with van der Waals surface area (Å²) in [6.45, 7) is 8.60. The SMILES string of the molecule is C=CC(=O)OC(C)COC(=O)CCC(=O)OCCc1ccc(OC(=O)C2CCC(C(=O)Oc3c(C)cc(C)c4c3SC(=C(C#N)C#N)S4)CC2)cc1. The van der Waals surface area contributed by atoms with Gasteiger partial charge in [-0.1, -0.05) is 48.3 Å². The maximum atomic E-state index is 13.3. The molecule has 0 radical (unpaired) electrons. The van der Waals surface area contributed by atoms with Gasteiger partial charge in [0.15, 0.2) is 0 Å². The summed E-state index contributed by atoms with van der Waals surface area (Å²) >= 11 is 2.60. The smallest absolute Gasteiger partial charge is 0.330 e. The van der Waals surface area contributed by atoms with E-state index in [4.69, 9.17) is 23.7 Å². The molecular formula is C38H38N2O10S2. The highest BCUT2D eigenvalue weighted by molar-refractivity contribution is 8.24. The minimum Gasteiger partial charge on any atom is -0.465 e. The molecule has 0 amide bonds. The summed E-state index contributed by atoms with van der Waals surface area (Å²) in [4.78, 5) is 62.8. The summed E-state index contributed by atoms with van der Waals surface area (Å²) in [6.07, 6.45) is 2.34. The van der Waals surface area contributed by atoms with Crippen LogP contribution in [0, 0.1) is 48.3 Å². The monoisotopic (exact) mass is 746 g/mol. The molecule has 52 heavy (non-hydrogen) atoms. The van der Waals surface area contributed by atoms with Crippen LogP contribution in [-0.4, -0.2) is 49.2 Å². The molecule has 1 unspecified atom stereocenters. The Hall–Kier alpha value is -5.05. The van der Waals surface area contributed by atoms with Crippen LogP contribution in [0.3, 0.4) is 0 Å². The van der Waals surface area contributed by atoms with Gasteiger partial charge in [0, 0.05) is 17.4 Å². The van der Waals surface area contributed by atoms with E-state index in [-0.39, 0.29) is 55.4 Å². The van der Waals surface area contributed by atoms with E-state index in [9.17, 15) is 34.5 Å². The summed E-state index contributed by atoms with van der Waals surface area (Å²) in [7, 11) is 0. The highest BCUT2D eigenvalue weighted by atomic mass is 32.2. The number of allylic oxidation sites excluding steroid dienone is 1. The minimum atomic E-state index is -0.642. The van der Waals surface area contributed by atoms with E-state index < -0.39 is 24.0 Å². The molecule has 2 aromatic rings. The first-order chi connectivity index (χ1) is 24.9. The molecule has 1 aliphatic heterocycles. The first-order valence-electron chi connectivity index (χ1n) is 16.6. The molecule has 1 saturated carbocycles. The van der Waals surface area contributed by atoms with Crippen LogP contribution in [0.1, 0.15) is 62.1 Å². The zero-order valence-electron chi connectivity index (χ0n) is 29.1. The van der Waals surface area contributed by atoms with Gasteiger partial charge in [0.05, 0.1) is 40.4 Å². The van der Waals surface area contributed by atoms with Crippen molar-refractivity contribution in [3.63, 3.8) is 0 Å². The van der Waals surface area contributed by atoms with Crippen molar-refractivity contribution in [3.8, 4) is 23.6 Å². The number of hydrogen-bond donors (Lipinski definition) is 0. The minimum absolute atomic E-state index is 0.0227. The number of aryl methyl sites for hydroxylation is 2. The molecule has 14 heteroatoms. The molecule has 0 bridgehead atoms. The fourth-order valence-corrected chi connectivity index (χ4v) is 8.11. The first kappa shape index (κ1) is 39.7. The molecule has 0 saturated heterocycles. The van der Waals surface area contributed by atoms with E-state index in [0.29, 0.717) is 47.8 Å². The van der Waals surface area contributed by atoms with Gasteiger partial charge in [-0.05, 0) is 75.3 Å². The van der Waals surface area contributed by atoms with E-state index in [1.165, 1.54) is 23.5 Å². The number of fused-ring (bicyclic) bond motifs is 1. The number of carbonyl (C=O) groups is 5. The number of carbonyl (C=O) groups excluding carboxylic acids is 5. The lowest BCUT2D eigenvalue weighted by atomic mass is 9.82. The molecule has 272 valence electrons. The highest BCUT2D eigenvalue weighted by Gasteiger charge is 2.34. The lowest BCUT2D eigenvalue weighted by molar-refractivity contribution is -0.156. The van der Waals surface area contributed by atoms with Crippen molar-refractivity contribution in [2.45, 2.75) is 81.6 Å². The third-order valence-electron chi connectivity index (χ3n) is 8.27. The Balaban J connectivity index is 1.17. The Morgan fingerprint density at radius 3 is 2.04 bits per heavy atom. The van der Waals surface area contributed by atoms with Crippen molar-refractivity contribution in [2.24, 2.45) is 11.8 Å². The molecule has 1 heterocycles. The van der Waals surface area contributed by atoms with Gasteiger partial charge in [-0.25, -0.2) is 4.79 Å². The van der Waals surface area contributed by atoms with Gasteiger partial charge in [-0.3, -0.25) is 19.2 Å². The number of hydrogen-bond acceptors (Lipinski definition) is 14. The average molecular weight is 747 g/mol. The molecule has 12 nitrogen and oxygen atoms in total. The largest absolute Gasteiger partial charge is 0.465 e. The van der Waals surface area contributed by atoms with Crippen molar-refractivity contribution in [1.82, 2.24) is 0 Å². The molecule has 2 aromatic carbocycles. The van der Waals surface area contributed by atoms with Crippen LogP contribution in [0.5, 0.6) is 11.5 Å². The number of ether oxygens (including phenoxy) is 5. The van der Waals surface area contributed by atoms with Gasteiger partial charge in [-0.15, -0.1) is 0 Å². The molecule has 4 rings (SSSR count). The lowest BCUT2D eigenvalue weighted by Gasteiger charge is -2.26. The topological polar surface area (TPSA) is 179 Å². The number of nitriles is 2. The Labute approximate surface area is 310 Å². The third kappa shape index (κ3) is 11.0. The van der Waals surface area contributed by atoms with Gasteiger partial charge < -0.3 is 23.7 Å². The zero-order chi connectivity index (χ0) is 37.8. The molecule has 2 aliphatic rings. The zero-order valence-corrected chi connectivity index (χ0v) is 30.7. The quantitative estimate of drug-likeness (QED) is 0.0663. The molecular weight excluding hydrogens is 709 g/mol. The normalized spacial score (nSPS) is 16.6. The van der Waals surface area contributed by atoms with Crippen molar-refractivity contribution in [3.05, 3.63) is 69.5 Å². The van der Waals surface area contributed by atoms with Crippen LogP contribution in [-0.2, 0) is 44.6 Å². The van der Waals surface area contributed by atoms with Crippen LogP contribution in [0.25, 0.3) is 0 Å². The maximum absolute atomic E-state index is 13.3. The first-order valence-corrected chi connectivity index (χ1v) is 18.3. The van der Waals surface area contributed by atoms with Gasteiger partial charge >= 0.3 is 29.8 Å². The standard InChI is InChI=1S/C38H38N2O10S2/c1-5-30(41)48-24(4)21-47-32(43)15-14-31(42)46-17-16-25-6-12-29(13-7-25)49-36(44)26-8-10-27(11-9-26)37(45)50-33-22(2)18-23(3)34-35(33)52-38(51-34)28(19-39)20-40/h5-7,12-13,18,24,26-27H,1,8-11,14-17,21H2,2-4H3. The second-order valence-electron chi connectivity index (χ2n) is 12.2. The summed E-state index contributed by atoms with van der Waals surface area (Å²) < 4.78 is 27.2. The summed E-state index contributed by atoms with van der Waals surface area (Å²) in [5, 5.41) is 18.7. The maximum Gasteiger partial charge on any atom is 0.330 e. The number of benzene rings is 2. The number of esters is 5. The lowest BCUT2D eigenvalue weighted by Crippen LogP contribution is -2.30. The van der Waals surface area contributed by atoms with Crippen LogP contribution < -0.4 is 9.47 Å². The summed E-state index contributed by atoms with van der Waals surface area (Å²) in [5.41, 5.74) is 2.63. The second-order valence-corrected chi connectivity index (χ2v) is 14.5. The van der Waals surface area contributed by atoms with Crippen LogP contribution in [0.15, 0.2) is 62.6 Å². The average Bonchev–Trinajstić information content (AvgIpc) is 3.58. The number of rotatable bonds is 14. The van der Waals surface area contributed by atoms with Crippen LogP contribution >= 0.6 is 23.5 Å². The van der Waals surface area contributed by atoms with Crippen molar-refractivity contribution >= 4 is 53.4 Å². The third-order valence-corrected chi connectivity index (χ3v) is 11.0. The molecule has 1 atom stereocenters.